The summed E-state index contributed by atoms with van der Waals surface area (Å²) in [7, 11) is 0. The molecule has 0 spiro atoms. The highest BCUT2D eigenvalue weighted by atomic mass is 16.4. The van der Waals surface area contributed by atoms with E-state index in [0.717, 1.165) is 23.8 Å². The fourth-order valence-electron chi connectivity index (χ4n) is 3.48. The van der Waals surface area contributed by atoms with Gasteiger partial charge >= 0.3 is 5.63 Å². The van der Waals surface area contributed by atoms with Crippen molar-refractivity contribution in [3.8, 4) is 23.3 Å². The van der Waals surface area contributed by atoms with Crippen molar-refractivity contribution < 1.29 is 4.42 Å². The molecule has 0 atom stereocenters. The molecule has 1 N–H and O–H groups in total. The number of anilines is 1. The third kappa shape index (κ3) is 3.36. The standard InChI is InChI=1S/C22H16N4O2/c23-12-19(13-24)26-25-18-8-7-17-10-20(22(27)28-21(17)11-18)16-6-5-14-3-1-2-4-15(14)9-16/h5-11,25H,1-4H2. The molecular weight excluding hydrogens is 352 g/mol. The number of hydrogen-bond donors (Lipinski definition) is 1. The Bertz CT molecular complexity index is 1230. The van der Waals surface area contributed by atoms with Crippen LogP contribution in [0.2, 0.25) is 0 Å². The average molecular weight is 368 g/mol. The van der Waals surface area contributed by atoms with Crippen molar-refractivity contribution in [1.29, 1.82) is 10.5 Å². The summed E-state index contributed by atoms with van der Waals surface area (Å²) in [5, 5.41) is 21.9. The van der Waals surface area contributed by atoms with Crippen LogP contribution in [0.4, 0.5) is 5.69 Å². The van der Waals surface area contributed by atoms with Crippen LogP contribution in [0.25, 0.3) is 22.1 Å². The van der Waals surface area contributed by atoms with Crippen LogP contribution in [0.5, 0.6) is 0 Å². The summed E-state index contributed by atoms with van der Waals surface area (Å²) in [6.45, 7) is 0. The van der Waals surface area contributed by atoms with Gasteiger partial charge in [-0.15, -0.1) is 0 Å². The molecule has 0 fully saturated rings. The monoisotopic (exact) mass is 368 g/mol. The lowest BCUT2D eigenvalue weighted by molar-refractivity contribution is 0.563. The van der Waals surface area contributed by atoms with Gasteiger partial charge < -0.3 is 4.42 Å². The lowest BCUT2D eigenvalue weighted by Gasteiger charge is -2.16. The SMILES string of the molecule is N#CC(C#N)=NNc1ccc2cc(-c3ccc4c(c3)CCCC4)c(=O)oc2c1. The van der Waals surface area contributed by atoms with Gasteiger partial charge in [-0.1, -0.05) is 18.2 Å². The number of fused-ring (bicyclic) bond motifs is 2. The summed E-state index contributed by atoms with van der Waals surface area (Å²) < 4.78 is 5.52. The Morgan fingerprint density at radius 1 is 1.00 bits per heavy atom. The van der Waals surface area contributed by atoms with Crippen molar-refractivity contribution in [3.05, 3.63) is 64.0 Å². The highest BCUT2D eigenvalue weighted by Gasteiger charge is 2.13. The quantitative estimate of drug-likeness (QED) is 0.425. The summed E-state index contributed by atoms with van der Waals surface area (Å²) in [4.78, 5) is 12.6. The summed E-state index contributed by atoms with van der Waals surface area (Å²) >= 11 is 0. The first-order valence-electron chi connectivity index (χ1n) is 9.02. The van der Waals surface area contributed by atoms with Crippen LogP contribution in [-0.4, -0.2) is 5.71 Å². The van der Waals surface area contributed by atoms with Crippen LogP contribution < -0.4 is 11.1 Å². The van der Waals surface area contributed by atoms with Gasteiger partial charge in [0.25, 0.3) is 0 Å². The van der Waals surface area contributed by atoms with E-state index in [1.807, 2.05) is 12.1 Å². The molecular formula is C22H16N4O2. The first kappa shape index (κ1) is 17.5. The molecule has 0 bridgehead atoms. The Labute approximate surface area is 161 Å². The molecule has 0 saturated carbocycles. The molecule has 0 saturated heterocycles. The molecule has 136 valence electrons. The average Bonchev–Trinajstić information content (AvgIpc) is 2.73. The number of rotatable bonds is 3. The van der Waals surface area contributed by atoms with Crippen molar-refractivity contribution >= 4 is 22.4 Å². The number of hydrazone groups is 1. The number of hydrogen-bond acceptors (Lipinski definition) is 6. The van der Waals surface area contributed by atoms with E-state index in [1.165, 1.54) is 24.0 Å². The van der Waals surface area contributed by atoms with Crippen LogP contribution >= 0.6 is 0 Å². The van der Waals surface area contributed by atoms with Gasteiger partial charge in [0.05, 0.1) is 11.3 Å². The molecule has 1 aromatic heterocycles. The molecule has 6 heteroatoms. The van der Waals surface area contributed by atoms with Gasteiger partial charge in [0, 0.05) is 11.5 Å². The predicted octanol–water partition coefficient (Wildman–Crippen LogP) is 4.15. The lowest BCUT2D eigenvalue weighted by atomic mass is 9.89. The minimum Gasteiger partial charge on any atom is -0.422 e. The van der Waals surface area contributed by atoms with Crippen LogP contribution in [0, 0.1) is 22.7 Å². The molecule has 0 aliphatic heterocycles. The minimum absolute atomic E-state index is 0.288. The maximum atomic E-state index is 12.6. The second-order valence-corrected chi connectivity index (χ2v) is 6.69. The highest BCUT2D eigenvalue weighted by molar-refractivity contribution is 6.10. The highest BCUT2D eigenvalue weighted by Crippen LogP contribution is 2.28. The first-order chi connectivity index (χ1) is 13.7. The van der Waals surface area contributed by atoms with E-state index in [2.05, 4.69) is 22.7 Å². The predicted molar refractivity (Wildman–Crippen MR) is 107 cm³/mol. The van der Waals surface area contributed by atoms with Gasteiger partial charge in [-0.3, -0.25) is 5.43 Å². The molecule has 0 amide bonds. The fraction of sp³-hybridized carbons (Fsp3) is 0.182. The van der Waals surface area contributed by atoms with Crippen LogP contribution in [-0.2, 0) is 12.8 Å². The van der Waals surface area contributed by atoms with Gasteiger partial charge in [-0.05, 0) is 60.6 Å². The minimum atomic E-state index is -0.404. The van der Waals surface area contributed by atoms with Crippen molar-refractivity contribution in [1.82, 2.24) is 0 Å². The maximum absolute atomic E-state index is 12.6. The fourth-order valence-corrected chi connectivity index (χ4v) is 3.48. The molecule has 4 rings (SSSR count). The zero-order valence-corrected chi connectivity index (χ0v) is 15.0. The Hall–Kier alpha value is -3.90. The van der Waals surface area contributed by atoms with Crippen molar-refractivity contribution in [2.45, 2.75) is 25.7 Å². The van der Waals surface area contributed by atoms with E-state index in [0.29, 0.717) is 16.8 Å². The zero-order chi connectivity index (χ0) is 19.5. The zero-order valence-electron chi connectivity index (χ0n) is 15.0. The smallest absolute Gasteiger partial charge is 0.344 e. The van der Waals surface area contributed by atoms with E-state index >= 15 is 0 Å². The lowest BCUT2D eigenvalue weighted by Crippen LogP contribution is -2.06. The molecule has 6 nitrogen and oxygen atoms in total. The molecule has 0 radical (unpaired) electrons. The number of nitrogens with one attached hydrogen (secondary N) is 1. The Kier molecular flexibility index (Phi) is 4.62. The first-order valence-corrected chi connectivity index (χ1v) is 9.02. The molecule has 1 aliphatic carbocycles. The van der Waals surface area contributed by atoms with E-state index in [9.17, 15) is 4.79 Å². The topological polar surface area (TPSA) is 102 Å². The third-order valence-corrected chi connectivity index (χ3v) is 4.90. The Balaban J connectivity index is 1.71. The number of nitriles is 2. The molecule has 1 heterocycles. The van der Waals surface area contributed by atoms with Gasteiger partial charge in [0.1, 0.15) is 17.7 Å². The molecule has 0 unspecified atom stereocenters. The number of nitrogens with zero attached hydrogens (tertiary/aromatic N) is 3. The Morgan fingerprint density at radius 2 is 1.79 bits per heavy atom. The largest absolute Gasteiger partial charge is 0.422 e. The van der Waals surface area contributed by atoms with E-state index < -0.39 is 5.63 Å². The van der Waals surface area contributed by atoms with Crippen molar-refractivity contribution in [2.24, 2.45) is 5.10 Å². The van der Waals surface area contributed by atoms with Crippen molar-refractivity contribution in [2.75, 3.05) is 5.43 Å². The normalized spacial score (nSPS) is 12.5. The number of aryl methyl sites for hydroxylation is 2. The summed E-state index contributed by atoms with van der Waals surface area (Å²) in [5.41, 5.74) is 6.93. The molecule has 1 aliphatic rings. The Morgan fingerprint density at radius 3 is 2.57 bits per heavy atom. The number of benzene rings is 2. The van der Waals surface area contributed by atoms with Crippen LogP contribution in [0.3, 0.4) is 0 Å². The van der Waals surface area contributed by atoms with Gasteiger partial charge in [-0.2, -0.15) is 15.6 Å². The van der Waals surface area contributed by atoms with Crippen molar-refractivity contribution in [3.63, 3.8) is 0 Å². The van der Waals surface area contributed by atoms with Gasteiger partial charge in [0.15, 0.2) is 0 Å². The van der Waals surface area contributed by atoms with Gasteiger partial charge in [-0.25, -0.2) is 4.79 Å². The maximum Gasteiger partial charge on any atom is 0.344 e. The third-order valence-electron chi connectivity index (χ3n) is 4.90. The van der Waals surface area contributed by atoms with Crippen LogP contribution in [0.1, 0.15) is 24.0 Å². The van der Waals surface area contributed by atoms with Gasteiger partial charge in [0.2, 0.25) is 5.71 Å². The van der Waals surface area contributed by atoms with E-state index in [-0.39, 0.29) is 5.71 Å². The second-order valence-electron chi connectivity index (χ2n) is 6.69. The molecule has 3 aromatic rings. The van der Waals surface area contributed by atoms with Crippen LogP contribution in [0.15, 0.2) is 56.8 Å². The van der Waals surface area contributed by atoms with E-state index in [1.54, 1.807) is 30.3 Å². The molecule has 2 aromatic carbocycles. The molecule has 28 heavy (non-hydrogen) atoms. The second kappa shape index (κ2) is 7.38. The summed E-state index contributed by atoms with van der Waals surface area (Å²) in [6.07, 6.45) is 4.54. The summed E-state index contributed by atoms with van der Waals surface area (Å²) in [5.74, 6) is 0. The summed E-state index contributed by atoms with van der Waals surface area (Å²) in [6, 6.07) is 16.5. The van der Waals surface area contributed by atoms with E-state index in [4.69, 9.17) is 14.9 Å².